The lowest BCUT2D eigenvalue weighted by atomic mass is 10.3. The summed E-state index contributed by atoms with van der Waals surface area (Å²) in [6.45, 7) is 0. The van der Waals surface area contributed by atoms with Crippen molar-refractivity contribution in [3.63, 3.8) is 0 Å². The lowest BCUT2D eigenvalue weighted by Crippen LogP contribution is -2.29. The van der Waals surface area contributed by atoms with Crippen molar-refractivity contribution in [1.29, 1.82) is 0 Å². The van der Waals surface area contributed by atoms with Crippen LogP contribution in [0.25, 0.3) is 12.2 Å². The van der Waals surface area contributed by atoms with Crippen molar-refractivity contribution in [3.05, 3.63) is 66.1 Å². The van der Waals surface area contributed by atoms with Gasteiger partial charge < -0.3 is 8.98 Å². The quantitative estimate of drug-likeness (QED) is 0.689. The molecule has 0 aromatic carbocycles. The second-order valence-corrected chi connectivity index (χ2v) is 6.20. The van der Waals surface area contributed by atoms with E-state index in [1.807, 2.05) is 22.9 Å². The van der Waals surface area contributed by atoms with Gasteiger partial charge in [0.15, 0.2) is 5.76 Å². The number of rotatable bonds is 3. The fourth-order valence-corrected chi connectivity index (χ4v) is 3.47. The molecule has 0 N–H and O–H groups in total. The molecule has 0 spiro atoms. The number of aromatic nitrogens is 1. The molecule has 0 amide bonds. The molecule has 0 aliphatic heterocycles. The summed E-state index contributed by atoms with van der Waals surface area (Å²) in [5.74, 6) is 0.0122. The van der Waals surface area contributed by atoms with Gasteiger partial charge in [0.05, 0.1) is 10.8 Å². The Kier molecular flexibility index (Phi) is 3.72. The zero-order valence-corrected chi connectivity index (χ0v) is 12.7. The van der Waals surface area contributed by atoms with Crippen LogP contribution in [0.4, 0.5) is 0 Å². The number of carbonyl (C=O) groups is 1. The van der Waals surface area contributed by atoms with Crippen LogP contribution in [0, 0.1) is 0 Å². The lowest BCUT2D eigenvalue weighted by Gasteiger charge is -1.89. The summed E-state index contributed by atoms with van der Waals surface area (Å²) in [7, 11) is 1.66. The average Bonchev–Trinajstić information content (AvgIpc) is 3.19. The second-order valence-electron chi connectivity index (χ2n) is 4.36. The Balaban J connectivity index is 2.10. The maximum absolute atomic E-state index is 12.2. The van der Waals surface area contributed by atoms with Gasteiger partial charge in [-0.15, -0.1) is 11.3 Å². The first-order valence-electron chi connectivity index (χ1n) is 6.14. The highest BCUT2D eigenvalue weighted by molar-refractivity contribution is 7.08. The zero-order valence-electron chi connectivity index (χ0n) is 11.1. The van der Waals surface area contributed by atoms with Gasteiger partial charge in [-0.1, -0.05) is 0 Å². The van der Waals surface area contributed by atoms with Crippen LogP contribution in [0.5, 0.6) is 0 Å². The van der Waals surface area contributed by atoms with Crippen LogP contribution in [0.1, 0.15) is 16.1 Å². The number of ketones is 1. The fourth-order valence-electron chi connectivity index (χ4n) is 1.82. The van der Waals surface area contributed by atoms with E-state index in [1.54, 1.807) is 30.5 Å². The van der Waals surface area contributed by atoms with Gasteiger partial charge in [0.1, 0.15) is 4.66 Å². The number of hydrogen-bond acceptors (Lipinski definition) is 5. The molecule has 0 unspecified atom stereocenters. The monoisotopic (exact) mass is 317 g/mol. The molecule has 0 bridgehead atoms. The van der Waals surface area contributed by atoms with Gasteiger partial charge in [-0.2, -0.15) is 11.3 Å². The van der Waals surface area contributed by atoms with E-state index in [-0.39, 0.29) is 17.1 Å². The Morgan fingerprint density at radius 1 is 1.38 bits per heavy atom. The molecule has 3 rings (SSSR count). The summed E-state index contributed by atoms with van der Waals surface area (Å²) in [4.78, 5) is 24.2. The van der Waals surface area contributed by atoms with E-state index in [4.69, 9.17) is 4.42 Å². The molecule has 4 nitrogen and oxygen atoms in total. The van der Waals surface area contributed by atoms with Crippen LogP contribution < -0.4 is 14.8 Å². The molecule has 3 aromatic rings. The van der Waals surface area contributed by atoms with Gasteiger partial charge in [0.25, 0.3) is 5.56 Å². The van der Waals surface area contributed by atoms with Crippen molar-refractivity contribution in [1.82, 2.24) is 4.57 Å². The predicted molar refractivity (Wildman–Crippen MR) is 84.2 cm³/mol. The molecule has 3 aromatic heterocycles. The van der Waals surface area contributed by atoms with Crippen molar-refractivity contribution >= 4 is 40.6 Å². The van der Waals surface area contributed by atoms with Crippen LogP contribution in [0.2, 0.25) is 0 Å². The molecule has 3 heterocycles. The number of Topliss-reactive ketones (excluding diaryl/α,β-unsaturated/α-hetero) is 1. The minimum absolute atomic E-state index is 0.107. The zero-order chi connectivity index (χ0) is 14.8. The first-order chi connectivity index (χ1) is 10.1. The number of thiophene rings is 1. The van der Waals surface area contributed by atoms with Crippen LogP contribution in [-0.4, -0.2) is 10.4 Å². The molecule has 0 atom stereocenters. The second kappa shape index (κ2) is 5.67. The first-order valence-corrected chi connectivity index (χ1v) is 7.90. The summed E-state index contributed by atoms with van der Waals surface area (Å²) in [6.07, 6.45) is 4.71. The summed E-state index contributed by atoms with van der Waals surface area (Å²) in [5.41, 5.74) is 0.882. The van der Waals surface area contributed by atoms with E-state index in [2.05, 4.69) is 0 Å². The number of thiazole rings is 1. The molecule has 6 heteroatoms. The number of hydrogen-bond donors (Lipinski definition) is 0. The normalized spacial score (nSPS) is 13.0. The Morgan fingerprint density at radius 2 is 2.24 bits per heavy atom. The number of nitrogens with zero attached hydrogens (tertiary/aromatic N) is 1. The van der Waals surface area contributed by atoms with E-state index in [0.717, 1.165) is 5.56 Å². The topological polar surface area (TPSA) is 52.2 Å². The maximum Gasteiger partial charge on any atom is 0.268 e. The summed E-state index contributed by atoms with van der Waals surface area (Å²) in [6, 6.07) is 5.20. The van der Waals surface area contributed by atoms with Crippen LogP contribution in [-0.2, 0) is 7.05 Å². The third kappa shape index (κ3) is 2.81. The van der Waals surface area contributed by atoms with Gasteiger partial charge in [-0.25, -0.2) is 0 Å². The summed E-state index contributed by atoms with van der Waals surface area (Å²) >= 11 is 2.87. The molecule has 0 aliphatic carbocycles. The maximum atomic E-state index is 12.2. The number of furan rings is 1. The largest absolute Gasteiger partial charge is 0.461 e. The first kappa shape index (κ1) is 13.8. The van der Waals surface area contributed by atoms with E-state index in [0.29, 0.717) is 9.20 Å². The molecule has 0 saturated heterocycles. The molecule has 106 valence electrons. The smallest absolute Gasteiger partial charge is 0.268 e. The van der Waals surface area contributed by atoms with Gasteiger partial charge >= 0.3 is 0 Å². The molecule has 0 fully saturated rings. The minimum atomic E-state index is -0.251. The average molecular weight is 317 g/mol. The van der Waals surface area contributed by atoms with Crippen LogP contribution in [0.3, 0.4) is 0 Å². The van der Waals surface area contributed by atoms with Gasteiger partial charge in [0, 0.05) is 13.1 Å². The predicted octanol–water partition coefficient (Wildman–Crippen LogP) is 1.59. The standard InChI is InChI=1S/C15H11NO3S2/c1-16-14(8-11(17)12-3-2-5-19-12)21-13(15(16)18)7-10-4-6-20-9-10/h2-9H,1H3. The van der Waals surface area contributed by atoms with Gasteiger partial charge in [-0.05, 0) is 40.6 Å². The lowest BCUT2D eigenvalue weighted by molar-refractivity contribution is 0.103. The van der Waals surface area contributed by atoms with Crippen molar-refractivity contribution in [2.45, 2.75) is 0 Å². The Bertz CT molecular complexity index is 928. The Labute approximate surface area is 127 Å². The van der Waals surface area contributed by atoms with Crippen molar-refractivity contribution in [2.24, 2.45) is 7.05 Å². The van der Waals surface area contributed by atoms with Crippen LogP contribution in [0.15, 0.2) is 44.4 Å². The molecule has 0 aliphatic rings. The molecular formula is C15H11NO3S2. The minimum Gasteiger partial charge on any atom is -0.461 e. The highest BCUT2D eigenvalue weighted by atomic mass is 32.1. The molecule has 21 heavy (non-hydrogen) atoms. The molecule has 0 saturated carbocycles. The Morgan fingerprint density at radius 3 is 2.90 bits per heavy atom. The fraction of sp³-hybridized carbons (Fsp3) is 0.0667. The van der Waals surface area contributed by atoms with Crippen molar-refractivity contribution in [2.75, 3.05) is 0 Å². The van der Waals surface area contributed by atoms with Crippen LogP contribution >= 0.6 is 22.7 Å². The van der Waals surface area contributed by atoms with E-state index in [1.165, 1.54) is 28.2 Å². The van der Waals surface area contributed by atoms with Gasteiger partial charge in [0.2, 0.25) is 5.78 Å². The highest BCUT2D eigenvalue weighted by Gasteiger charge is 2.07. The summed E-state index contributed by atoms with van der Waals surface area (Å²) in [5, 5.41) is 3.92. The number of carbonyl (C=O) groups excluding carboxylic acids is 1. The summed E-state index contributed by atoms with van der Waals surface area (Å²) < 4.78 is 7.74. The third-order valence-corrected chi connectivity index (χ3v) is 4.73. The van der Waals surface area contributed by atoms with E-state index >= 15 is 0 Å². The van der Waals surface area contributed by atoms with E-state index in [9.17, 15) is 9.59 Å². The van der Waals surface area contributed by atoms with Crippen molar-refractivity contribution < 1.29 is 9.21 Å². The molecular weight excluding hydrogens is 306 g/mol. The molecule has 0 radical (unpaired) electrons. The SMILES string of the molecule is Cn1c(=CC(=O)c2ccco2)sc(=Cc2ccsc2)c1=O. The van der Waals surface area contributed by atoms with Crippen molar-refractivity contribution in [3.8, 4) is 0 Å². The van der Waals surface area contributed by atoms with E-state index < -0.39 is 0 Å². The highest BCUT2D eigenvalue weighted by Crippen LogP contribution is 2.06. The van der Waals surface area contributed by atoms with Gasteiger partial charge in [-0.3, -0.25) is 9.59 Å². The third-order valence-electron chi connectivity index (χ3n) is 2.92. The Hall–Kier alpha value is -2.18.